The van der Waals surface area contributed by atoms with Gasteiger partial charge in [-0.2, -0.15) is 0 Å². The number of nitrogens with one attached hydrogen (secondary N) is 2. The van der Waals surface area contributed by atoms with Crippen molar-refractivity contribution in [3.05, 3.63) is 22.4 Å². The van der Waals surface area contributed by atoms with Crippen molar-refractivity contribution in [3.63, 3.8) is 0 Å². The Kier molecular flexibility index (Phi) is 5.96. The third kappa shape index (κ3) is 5.17. The lowest BCUT2D eigenvalue weighted by Gasteiger charge is -2.13. The van der Waals surface area contributed by atoms with E-state index >= 15 is 0 Å². The second kappa shape index (κ2) is 7.25. The number of rotatable bonds is 7. The van der Waals surface area contributed by atoms with E-state index in [2.05, 4.69) is 10.6 Å². The molecule has 1 atom stereocenters. The van der Waals surface area contributed by atoms with Crippen molar-refractivity contribution in [2.24, 2.45) is 0 Å². The molecule has 0 spiro atoms. The van der Waals surface area contributed by atoms with E-state index < -0.39 is 27.9 Å². The predicted octanol–water partition coefficient (Wildman–Crippen LogP) is 0.608. The number of carboxylic acids is 1. The minimum absolute atomic E-state index is 0.00322. The molecule has 3 N–H and O–H groups in total. The summed E-state index contributed by atoms with van der Waals surface area (Å²) in [6.45, 7) is 1.46. The third-order valence-electron chi connectivity index (χ3n) is 2.49. The lowest BCUT2D eigenvalue weighted by Crippen LogP contribution is -2.42. The molecular weight excluding hydrogens is 304 g/mol. The summed E-state index contributed by atoms with van der Waals surface area (Å²) in [7, 11) is -3.16. The van der Waals surface area contributed by atoms with Crippen LogP contribution in [0.2, 0.25) is 0 Å². The maximum absolute atomic E-state index is 11.6. The summed E-state index contributed by atoms with van der Waals surface area (Å²) in [5, 5.41) is 15.4. The molecule has 112 valence electrons. The molecule has 1 heterocycles. The highest BCUT2D eigenvalue weighted by atomic mass is 32.2. The van der Waals surface area contributed by atoms with Gasteiger partial charge in [0.1, 0.15) is 0 Å². The maximum atomic E-state index is 11.6. The van der Waals surface area contributed by atoms with Gasteiger partial charge in [-0.3, -0.25) is 0 Å². The van der Waals surface area contributed by atoms with Crippen LogP contribution in [-0.4, -0.2) is 43.6 Å². The fraction of sp³-hybridized carbons (Fsp3) is 0.455. The summed E-state index contributed by atoms with van der Waals surface area (Å²) < 4.78 is 22.5. The molecule has 0 aliphatic carbocycles. The Morgan fingerprint density at radius 2 is 2.15 bits per heavy atom. The van der Waals surface area contributed by atoms with Crippen molar-refractivity contribution in [2.45, 2.75) is 13.0 Å². The van der Waals surface area contributed by atoms with Crippen LogP contribution >= 0.6 is 11.3 Å². The van der Waals surface area contributed by atoms with Gasteiger partial charge >= 0.3 is 12.0 Å². The van der Waals surface area contributed by atoms with Gasteiger partial charge in [0.2, 0.25) is 0 Å². The van der Waals surface area contributed by atoms with E-state index in [1.165, 1.54) is 18.3 Å². The normalized spacial score (nSPS) is 12.7. The summed E-state index contributed by atoms with van der Waals surface area (Å²) in [4.78, 5) is 23.1. The highest BCUT2D eigenvalue weighted by molar-refractivity contribution is 7.91. The SMILES string of the molecule is CCS(=O)(=O)CCNC(=O)NC(C(=O)O)c1cccs1. The third-order valence-corrected chi connectivity index (χ3v) is 5.13. The number of carbonyl (C=O) groups is 2. The van der Waals surface area contributed by atoms with E-state index in [-0.39, 0.29) is 18.1 Å². The van der Waals surface area contributed by atoms with E-state index in [1.807, 2.05) is 0 Å². The number of aliphatic carboxylic acids is 1. The van der Waals surface area contributed by atoms with Crippen molar-refractivity contribution >= 4 is 33.2 Å². The first kappa shape index (κ1) is 16.4. The van der Waals surface area contributed by atoms with Gasteiger partial charge in [0.25, 0.3) is 0 Å². The predicted molar refractivity (Wildman–Crippen MR) is 75.6 cm³/mol. The molecule has 0 bridgehead atoms. The molecule has 0 fully saturated rings. The second-order valence-corrected chi connectivity index (χ2v) is 7.38. The van der Waals surface area contributed by atoms with Crippen LogP contribution in [0, 0.1) is 0 Å². The average molecular weight is 320 g/mol. The molecule has 1 unspecified atom stereocenters. The molecule has 0 saturated heterocycles. The fourth-order valence-electron chi connectivity index (χ4n) is 1.36. The van der Waals surface area contributed by atoms with Crippen LogP contribution < -0.4 is 10.6 Å². The Morgan fingerprint density at radius 1 is 1.45 bits per heavy atom. The summed E-state index contributed by atoms with van der Waals surface area (Å²) in [6, 6.07) is 1.43. The zero-order chi connectivity index (χ0) is 15.2. The van der Waals surface area contributed by atoms with Crippen molar-refractivity contribution in [1.29, 1.82) is 0 Å². The Balaban J connectivity index is 2.50. The van der Waals surface area contributed by atoms with E-state index in [0.29, 0.717) is 4.88 Å². The summed E-state index contributed by atoms with van der Waals surface area (Å²) in [6.07, 6.45) is 0. The van der Waals surface area contributed by atoms with Crippen LogP contribution in [0.1, 0.15) is 17.8 Å². The number of sulfone groups is 1. The Bertz CT molecular complexity index is 553. The lowest BCUT2D eigenvalue weighted by atomic mass is 10.2. The lowest BCUT2D eigenvalue weighted by molar-refractivity contribution is -0.139. The number of hydrogen-bond donors (Lipinski definition) is 3. The van der Waals surface area contributed by atoms with Crippen LogP contribution in [0.4, 0.5) is 4.79 Å². The van der Waals surface area contributed by atoms with Crippen molar-refractivity contribution in [2.75, 3.05) is 18.1 Å². The van der Waals surface area contributed by atoms with E-state index in [0.717, 1.165) is 0 Å². The molecule has 0 saturated carbocycles. The van der Waals surface area contributed by atoms with Gasteiger partial charge in [0, 0.05) is 17.2 Å². The molecule has 20 heavy (non-hydrogen) atoms. The molecule has 7 nitrogen and oxygen atoms in total. The van der Waals surface area contributed by atoms with Gasteiger partial charge in [-0.25, -0.2) is 18.0 Å². The Hall–Kier alpha value is -1.61. The topological polar surface area (TPSA) is 113 Å². The van der Waals surface area contributed by atoms with Crippen LogP contribution in [0.15, 0.2) is 17.5 Å². The number of thiophene rings is 1. The zero-order valence-electron chi connectivity index (χ0n) is 10.8. The highest BCUT2D eigenvalue weighted by Crippen LogP contribution is 2.18. The molecule has 1 rings (SSSR count). The van der Waals surface area contributed by atoms with E-state index in [9.17, 15) is 18.0 Å². The second-order valence-electron chi connectivity index (χ2n) is 3.92. The van der Waals surface area contributed by atoms with Gasteiger partial charge in [0.15, 0.2) is 15.9 Å². The highest BCUT2D eigenvalue weighted by Gasteiger charge is 2.22. The standard InChI is InChI=1S/C11H16N2O5S2/c1-2-20(17,18)7-5-12-11(16)13-9(10(14)15)8-4-3-6-19-8/h3-4,6,9H,2,5,7H2,1H3,(H,14,15)(H2,12,13,16). The van der Waals surface area contributed by atoms with Gasteiger partial charge in [-0.1, -0.05) is 13.0 Å². The van der Waals surface area contributed by atoms with E-state index in [1.54, 1.807) is 17.5 Å². The molecule has 2 amide bonds. The number of carbonyl (C=O) groups excluding carboxylic acids is 1. The summed E-state index contributed by atoms with van der Waals surface area (Å²) in [5.74, 6) is -1.35. The van der Waals surface area contributed by atoms with Crippen LogP contribution in [0.5, 0.6) is 0 Å². The smallest absolute Gasteiger partial charge is 0.331 e. The molecule has 1 aromatic rings. The largest absolute Gasteiger partial charge is 0.479 e. The van der Waals surface area contributed by atoms with Crippen LogP contribution in [-0.2, 0) is 14.6 Å². The van der Waals surface area contributed by atoms with Crippen LogP contribution in [0.3, 0.4) is 0 Å². The van der Waals surface area contributed by atoms with Gasteiger partial charge in [-0.05, 0) is 11.4 Å². The number of hydrogen-bond acceptors (Lipinski definition) is 5. The summed E-state index contributed by atoms with van der Waals surface area (Å²) >= 11 is 1.21. The molecule has 0 aromatic carbocycles. The van der Waals surface area contributed by atoms with Gasteiger partial charge in [-0.15, -0.1) is 11.3 Å². The molecule has 0 aliphatic rings. The van der Waals surface area contributed by atoms with Crippen molar-refractivity contribution < 1.29 is 23.1 Å². The molecule has 0 aliphatic heterocycles. The van der Waals surface area contributed by atoms with Gasteiger partial charge < -0.3 is 15.7 Å². The Labute approximate surface area is 120 Å². The number of amides is 2. The van der Waals surface area contributed by atoms with E-state index in [4.69, 9.17) is 5.11 Å². The summed E-state index contributed by atoms with van der Waals surface area (Å²) in [5.41, 5.74) is 0. The average Bonchev–Trinajstić information content (AvgIpc) is 2.89. The molecule has 0 radical (unpaired) electrons. The fourth-order valence-corrected chi connectivity index (χ4v) is 2.83. The monoisotopic (exact) mass is 320 g/mol. The quantitative estimate of drug-likeness (QED) is 0.681. The van der Waals surface area contributed by atoms with Crippen molar-refractivity contribution in [3.8, 4) is 0 Å². The maximum Gasteiger partial charge on any atom is 0.331 e. The first-order chi connectivity index (χ1) is 9.35. The molecule has 1 aromatic heterocycles. The number of carboxylic acid groups (broad SMARTS) is 1. The van der Waals surface area contributed by atoms with Gasteiger partial charge in [0.05, 0.1) is 5.75 Å². The first-order valence-corrected chi connectivity index (χ1v) is 8.57. The van der Waals surface area contributed by atoms with Crippen molar-refractivity contribution in [1.82, 2.24) is 10.6 Å². The number of urea groups is 1. The van der Waals surface area contributed by atoms with Crippen LogP contribution in [0.25, 0.3) is 0 Å². The zero-order valence-corrected chi connectivity index (χ0v) is 12.5. The first-order valence-electron chi connectivity index (χ1n) is 5.86. The minimum atomic E-state index is -3.16. The minimum Gasteiger partial charge on any atom is -0.479 e. The molecular formula is C11H16N2O5S2. The molecule has 9 heteroatoms. The Morgan fingerprint density at radius 3 is 2.65 bits per heavy atom.